The number of aryl methyl sites for hydroxylation is 2. The summed E-state index contributed by atoms with van der Waals surface area (Å²) in [4.78, 5) is 8.68. The molecule has 0 aliphatic heterocycles. The lowest BCUT2D eigenvalue weighted by atomic mass is 10.4. The Bertz CT molecular complexity index is 740. The SMILES string of the molecule is Cc1nn(Cc2nc(Cl)c3cnn(C)c3n2)cc1Cl. The van der Waals surface area contributed by atoms with Gasteiger partial charge < -0.3 is 0 Å². The van der Waals surface area contributed by atoms with Crippen molar-refractivity contribution in [2.24, 2.45) is 7.05 Å². The van der Waals surface area contributed by atoms with Gasteiger partial charge in [-0.3, -0.25) is 9.36 Å². The Morgan fingerprint density at radius 3 is 2.74 bits per heavy atom. The molecule has 0 N–H and O–H groups in total. The van der Waals surface area contributed by atoms with Gasteiger partial charge in [0.25, 0.3) is 0 Å². The van der Waals surface area contributed by atoms with Crippen molar-refractivity contribution in [1.29, 1.82) is 0 Å². The smallest absolute Gasteiger partial charge is 0.162 e. The maximum atomic E-state index is 6.12. The van der Waals surface area contributed by atoms with Crippen LogP contribution in [-0.4, -0.2) is 29.5 Å². The van der Waals surface area contributed by atoms with E-state index in [9.17, 15) is 0 Å². The van der Waals surface area contributed by atoms with Crippen LogP contribution in [-0.2, 0) is 13.6 Å². The van der Waals surface area contributed by atoms with E-state index in [2.05, 4.69) is 20.2 Å². The average molecular weight is 297 g/mol. The van der Waals surface area contributed by atoms with Crippen LogP contribution in [0.1, 0.15) is 11.5 Å². The van der Waals surface area contributed by atoms with Crippen molar-refractivity contribution in [2.45, 2.75) is 13.5 Å². The summed E-state index contributed by atoms with van der Waals surface area (Å²) in [6.07, 6.45) is 3.39. The minimum Gasteiger partial charge on any atom is -0.263 e. The molecule has 0 saturated heterocycles. The van der Waals surface area contributed by atoms with E-state index in [0.29, 0.717) is 28.2 Å². The standard InChI is InChI=1S/C11H10Cl2N6/c1-6-8(12)4-19(17-6)5-9-15-10(13)7-3-14-18(2)11(7)16-9/h3-4H,5H2,1-2H3. The van der Waals surface area contributed by atoms with Gasteiger partial charge in [-0.2, -0.15) is 10.2 Å². The zero-order valence-electron chi connectivity index (χ0n) is 10.3. The van der Waals surface area contributed by atoms with Gasteiger partial charge in [-0.05, 0) is 6.92 Å². The molecular weight excluding hydrogens is 287 g/mol. The van der Waals surface area contributed by atoms with Crippen LogP contribution in [0.15, 0.2) is 12.4 Å². The summed E-state index contributed by atoms with van der Waals surface area (Å²) in [5.41, 5.74) is 1.47. The largest absolute Gasteiger partial charge is 0.263 e. The second-order valence-corrected chi connectivity index (χ2v) is 4.96. The summed E-state index contributed by atoms with van der Waals surface area (Å²) in [5.74, 6) is 0.570. The number of hydrogen-bond acceptors (Lipinski definition) is 4. The lowest BCUT2D eigenvalue weighted by Crippen LogP contribution is -2.06. The van der Waals surface area contributed by atoms with Crippen molar-refractivity contribution in [2.75, 3.05) is 0 Å². The minimum absolute atomic E-state index is 0.392. The molecule has 3 rings (SSSR count). The Balaban J connectivity index is 2.03. The molecule has 0 aliphatic rings. The zero-order chi connectivity index (χ0) is 13.6. The Hall–Kier alpha value is -1.66. The normalized spacial score (nSPS) is 11.4. The molecule has 0 aliphatic carbocycles. The average Bonchev–Trinajstić information content (AvgIpc) is 2.85. The number of aromatic nitrogens is 6. The van der Waals surface area contributed by atoms with E-state index in [1.165, 1.54) is 0 Å². The van der Waals surface area contributed by atoms with Gasteiger partial charge in [-0.15, -0.1) is 0 Å². The maximum Gasteiger partial charge on any atom is 0.162 e. The number of halogens is 2. The van der Waals surface area contributed by atoms with Gasteiger partial charge in [0.1, 0.15) is 11.7 Å². The van der Waals surface area contributed by atoms with Gasteiger partial charge >= 0.3 is 0 Å². The maximum absolute atomic E-state index is 6.12. The third-order valence-corrected chi connectivity index (χ3v) is 3.44. The van der Waals surface area contributed by atoms with Gasteiger partial charge in [0.15, 0.2) is 11.5 Å². The predicted molar refractivity (Wildman–Crippen MR) is 72.4 cm³/mol. The van der Waals surface area contributed by atoms with Crippen LogP contribution in [0.4, 0.5) is 0 Å². The zero-order valence-corrected chi connectivity index (χ0v) is 11.8. The van der Waals surface area contributed by atoms with Crippen LogP contribution in [0.3, 0.4) is 0 Å². The van der Waals surface area contributed by atoms with Gasteiger partial charge in [-0.25, -0.2) is 9.97 Å². The molecule has 8 heteroatoms. The molecule has 0 aromatic carbocycles. The molecule has 3 aromatic rings. The van der Waals surface area contributed by atoms with E-state index >= 15 is 0 Å². The Kier molecular flexibility index (Phi) is 2.91. The lowest BCUT2D eigenvalue weighted by Gasteiger charge is -2.02. The molecule has 3 aromatic heterocycles. The van der Waals surface area contributed by atoms with Crippen molar-refractivity contribution in [3.8, 4) is 0 Å². The first kappa shape index (κ1) is 12.4. The lowest BCUT2D eigenvalue weighted by molar-refractivity contribution is 0.649. The fraction of sp³-hybridized carbons (Fsp3) is 0.273. The summed E-state index contributed by atoms with van der Waals surface area (Å²) in [7, 11) is 1.81. The van der Waals surface area contributed by atoms with Crippen LogP contribution in [0, 0.1) is 6.92 Å². The molecule has 19 heavy (non-hydrogen) atoms. The highest BCUT2D eigenvalue weighted by molar-refractivity contribution is 6.33. The van der Waals surface area contributed by atoms with Crippen LogP contribution < -0.4 is 0 Å². The summed E-state index contributed by atoms with van der Waals surface area (Å²) < 4.78 is 3.35. The highest BCUT2D eigenvalue weighted by Crippen LogP contribution is 2.20. The molecule has 0 spiro atoms. The highest BCUT2D eigenvalue weighted by atomic mass is 35.5. The highest BCUT2D eigenvalue weighted by Gasteiger charge is 2.11. The summed E-state index contributed by atoms with van der Waals surface area (Å²) in [6.45, 7) is 2.26. The van der Waals surface area contributed by atoms with Crippen molar-refractivity contribution >= 4 is 34.2 Å². The summed E-state index contributed by atoms with van der Waals surface area (Å²) in [6, 6.07) is 0. The number of fused-ring (bicyclic) bond motifs is 1. The van der Waals surface area contributed by atoms with Crippen molar-refractivity contribution in [1.82, 2.24) is 29.5 Å². The molecule has 0 bridgehead atoms. The topological polar surface area (TPSA) is 61.4 Å². The Morgan fingerprint density at radius 1 is 1.26 bits per heavy atom. The summed E-state index contributed by atoms with van der Waals surface area (Å²) >= 11 is 12.1. The number of hydrogen-bond donors (Lipinski definition) is 0. The van der Waals surface area contributed by atoms with Crippen LogP contribution in [0.2, 0.25) is 10.2 Å². The van der Waals surface area contributed by atoms with E-state index in [1.807, 2.05) is 14.0 Å². The molecule has 0 saturated carbocycles. The monoisotopic (exact) mass is 296 g/mol. The molecule has 3 heterocycles. The van der Waals surface area contributed by atoms with Crippen molar-refractivity contribution in [3.05, 3.63) is 34.1 Å². The molecule has 6 nitrogen and oxygen atoms in total. The number of nitrogens with zero attached hydrogens (tertiary/aromatic N) is 6. The fourth-order valence-electron chi connectivity index (χ4n) is 1.82. The third-order valence-electron chi connectivity index (χ3n) is 2.78. The quantitative estimate of drug-likeness (QED) is 0.680. The van der Waals surface area contributed by atoms with E-state index in [0.717, 1.165) is 11.1 Å². The first-order valence-electron chi connectivity index (χ1n) is 5.58. The van der Waals surface area contributed by atoms with Crippen molar-refractivity contribution < 1.29 is 0 Å². The van der Waals surface area contributed by atoms with Crippen molar-refractivity contribution in [3.63, 3.8) is 0 Å². The van der Waals surface area contributed by atoms with E-state index in [1.54, 1.807) is 21.8 Å². The third kappa shape index (κ3) is 2.17. The number of rotatable bonds is 2. The van der Waals surface area contributed by atoms with Gasteiger partial charge in [0, 0.05) is 13.2 Å². The van der Waals surface area contributed by atoms with Crippen LogP contribution in [0.5, 0.6) is 0 Å². The molecule has 0 unspecified atom stereocenters. The van der Waals surface area contributed by atoms with E-state index in [-0.39, 0.29) is 0 Å². The molecule has 0 amide bonds. The van der Waals surface area contributed by atoms with Gasteiger partial charge in [-0.1, -0.05) is 23.2 Å². The first-order valence-corrected chi connectivity index (χ1v) is 6.34. The van der Waals surface area contributed by atoms with E-state index in [4.69, 9.17) is 23.2 Å². The van der Waals surface area contributed by atoms with Gasteiger partial charge in [0.05, 0.1) is 22.3 Å². The first-order chi connectivity index (χ1) is 9.04. The molecule has 0 fully saturated rings. The molecule has 98 valence electrons. The molecule has 0 radical (unpaired) electrons. The minimum atomic E-state index is 0.392. The fourth-order valence-corrected chi connectivity index (χ4v) is 2.20. The second-order valence-electron chi connectivity index (χ2n) is 4.20. The second kappa shape index (κ2) is 4.47. The summed E-state index contributed by atoms with van der Waals surface area (Å²) in [5, 5.41) is 10.1. The molecule has 0 atom stereocenters. The van der Waals surface area contributed by atoms with Crippen LogP contribution >= 0.6 is 23.2 Å². The molecular formula is C11H10Cl2N6. The van der Waals surface area contributed by atoms with Gasteiger partial charge in [0.2, 0.25) is 0 Å². The van der Waals surface area contributed by atoms with E-state index < -0.39 is 0 Å². The predicted octanol–water partition coefficient (Wildman–Crippen LogP) is 2.22. The Labute approximate surface area is 119 Å². The van der Waals surface area contributed by atoms with Crippen LogP contribution in [0.25, 0.3) is 11.0 Å². The Morgan fingerprint density at radius 2 is 2.05 bits per heavy atom.